The van der Waals surface area contributed by atoms with Gasteiger partial charge in [-0.15, -0.1) is 12.4 Å². The van der Waals surface area contributed by atoms with Crippen LogP contribution in [0.1, 0.15) is 31.2 Å². The number of rotatable bonds is 6. The number of hydrogen-bond donors (Lipinski definition) is 2. The lowest BCUT2D eigenvalue weighted by Crippen LogP contribution is -2.23. The molecule has 2 aromatic carbocycles. The van der Waals surface area contributed by atoms with Gasteiger partial charge in [0, 0.05) is 12.5 Å². The van der Waals surface area contributed by atoms with Gasteiger partial charge in [-0.1, -0.05) is 29.8 Å². The summed E-state index contributed by atoms with van der Waals surface area (Å²) in [6, 6.07) is 15.9. The van der Waals surface area contributed by atoms with Gasteiger partial charge in [-0.2, -0.15) is 0 Å². The number of nitrogens with one attached hydrogen (secondary N) is 2. The van der Waals surface area contributed by atoms with E-state index in [0.29, 0.717) is 23.9 Å². The molecular weight excluding hydrogens is 336 g/mol. The largest absolute Gasteiger partial charge is 0.455 e. The fourth-order valence-corrected chi connectivity index (χ4v) is 2.91. The molecule has 0 aliphatic carbocycles. The SMILES string of the molecule is Cc1ccc(Oc2ccccc2NC(=O)CCC2CCCN2)cc1.Cl. The highest BCUT2D eigenvalue weighted by Crippen LogP contribution is 2.29. The summed E-state index contributed by atoms with van der Waals surface area (Å²) in [6.45, 7) is 3.11. The molecule has 1 aliphatic rings. The van der Waals surface area contributed by atoms with Crippen molar-refractivity contribution in [2.75, 3.05) is 11.9 Å². The third-order valence-electron chi connectivity index (χ3n) is 4.29. The number of carbonyl (C=O) groups is 1. The molecule has 0 aromatic heterocycles. The summed E-state index contributed by atoms with van der Waals surface area (Å²) >= 11 is 0. The fraction of sp³-hybridized carbons (Fsp3) is 0.350. The number of para-hydroxylation sites is 2. The molecule has 1 unspecified atom stereocenters. The first-order chi connectivity index (χ1) is 11.7. The van der Waals surface area contributed by atoms with Crippen molar-refractivity contribution in [3.63, 3.8) is 0 Å². The van der Waals surface area contributed by atoms with E-state index in [0.717, 1.165) is 18.7 Å². The second kappa shape index (κ2) is 9.44. The number of anilines is 1. The highest BCUT2D eigenvalue weighted by Gasteiger charge is 2.16. The minimum atomic E-state index is 0. The van der Waals surface area contributed by atoms with Crippen LogP contribution in [-0.2, 0) is 4.79 Å². The zero-order valence-corrected chi connectivity index (χ0v) is 15.3. The molecule has 0 spiro atoms. The zero-order chi connectivity index (χ0) is 16.8. The standard InChI is InChI=1S/C20H24N2O2.ClH/c1-15-8-11-17(12-9-15)24-19-7-3-2-6-18(19)22-20(23)13-10-16-5-4-14-21-16;/h2-3,6-9,11-12,16,21H,4-5,10,13-14H2,1H3,(H,22,23);1H. The van der Waals surface area contributed by atoms with E-state index in [-0.39, 0.29) is 18.3 Å². The van der Waals surface area contributed by atoms with Crippen molar-refractivity contribution in [3.05, 3.63) is 54.1 Å². The first-order valence-electron chi connectivity index (χ1n) is 8.57. The molecule has 2 N–H and O–H groups in total. The smallest absolute Gasteiger partial charge is 0.224 e. The van der Waals surface area contributed by atoms with E-state index in [1.165, 1.54) is 18.4 Å². The maximum atomic E-state index is 12.2. The van der Waals surface area contributed by atoms with Gasteiger partial charge in [-0.25, -0.2) is 0 Å². The average molecular weight is 361 g/mol. The van der Waals surface area contributed by atoms with Gasteiger partial charge in [0.2, 0.25) is 5.91 Å². The lowest BCUT2D eigenvalue weighted by Gasteiger charge is -2.13. The molecule has 4 nitrogen and oxygen atoms in total. The number of benzene rings is 2. The Morgan fingerprint density at radius 3 is 2.68 bits per heavy atom. The minimum absolute atomic E-state index is 0. The minimum Gasteiger partial charge on any atom is -0.455 e. The van der Waals surface area contributed by atoms with E-state index in [9.17, 15) is 4.79 Å². The maximum Gasteiger partial charge on any atom is 0.224 e. The molecule has 2 aromatic rings. The van der Waals surface area contributed by atoms with E-state index in [4.69, 9.17) is 4.74 Å². The van der Waals surface area contributed by atoms with Crippen LogP contribution in [-0.4, -0.2) is 18.5 Å². The maximum absolute atomic E-state index is 12.2. The van der Waals surface area contributed by atoms with Crippen LogP contribution in [0.25, 0.3) is 0 Å². The molecule has 25 heavy (non-hydrogen) atoms. The Morgan fingerprint density at radius 2 is 1.96 bits per heavy atom. The number of ether oxygens (including phenoxy) is 1. The lowest BCUT2D eigenvalue weighted by molar-refractivity contribution is -0.116. The van der Waals surface area contributed by atoms with Crippen molar-refractivity contribution < 1.29 is 9.53 Å². The van der Waals surface area contributed by atoms with E-state index in [2.05, 4.69) is 10.6 Å². The Morgan fingerprint density at radius 1 is 1.20 bits per heavy atom. The highest BCUT2D eigenvalue weighted by atomic mass is 35.5. The number of amides is 1. The van der Waals surface area contributed by atoms with Crippen molar-refractivity contribution in [2.45, 2.75) is 38.6 Å². The van der Waals surface area contributed by atoms with Gasteiger partial charge in [-0.3, -0.25) is 4.79 Å². The Hall–Kier alpha value is -2.04. The molecule has 0 radical (unpaired) electrons. The fourth-order valence-electron chi connectivity index (χ4n) is 2.91. The predicted molar refractivity (Wildman–Crippen MR) is 104 cm³/mol. The molecule has 1 atom stereocenters. The third kappa shape index (κ3) is 5.76. The number of hydrogen-bond acceptors (Lipinski definition) is 3. The second-order valence-electron chi connectivity index (χ2n) is 6.29. The van der Waals surface area contributed by atoms with Crippen LogP contribution >= 0.6 is 12.4 Å². The van der Waals surface area contributed by atoms with Crippen LogP contribution < -0.4 is 15.4 Å². The van der Waals surface area contributed by atoms with Gasteiger partial charge in [-0.05, 0) is 57.0 Å². The van der Waals surface area contributed by atoms with E-state index < -0.39 is 0 Å². The second-order valence-corrected chi connectivity index (χ2v) is 6.29. The number of aryl methyl sites for hydroxylation is 1. The molecule has 5 heteroatoms. The zero-order valence-electron chi connectivity index (χ0n) is 14.5. The summed E-state index contributed by atoms with van der Waals surface area (Å²) < 4.78 is 5.92. The van der Waals surface area contributed by atoms with Crippen LogP contribution in [0.5, 0.6) is 11.5 Å². The van der Waals surface area contributed by atoms with Crippen molar-refractivity contribution in [2.24, 2.45) is 0 Å². The van der Waals surface area contributed by atoms with Crippen molar-refractivity contribution >= 4 is 24.0 Å². The van der Waals surface area contributed by atoms with Gasteiger partial charge in [0.1, 0.15) is 5.75 Å². The first kappa shape index (κ1) is 19.3. The lowest BCUT2D eigenvalue weighted by atomic mass is 10.1. The molecule has 1 fully saturated rings. The summed E-state index contributed by atoms with van der Waals surface area (Å²) in [5.41, 5.74) is 1.90. The Balaban J connectivity index is 0.00000225. The summed E-state index contributed by atoms with van der Waals surface area (Å²) in [6.07, 6.45) is 3.78. The van der Waals surface area contributed by atoms with E-state index in [1.807, 2.05) is 55.5 Å². The van der Waals surface area contributed by atoms with E-state index >= 15 is 0 Å². The van der Waals surface area contributed by atoms with Crippen molar-refractivity contribution in [1.82, 2.24) is 5.32 Å². The van der Waals surface area contributed by atoms with Gasteiger partial charge in [0.15, 0.2) is 5.75 Å². The van der Waals surface area contributed by atoms with Gasteiger partial charge in [0.25, 0.3) is 0 Å². The first-order valence-corrected chi connectivity index (χ1v) is 8.57. The topological polar surface area (TPSA) is 50.4 Å². The molecular formula is C20H25ClN2O2. The molecule has 1 amide bonds. The molecule has 0 bridgehead atoms. The Kier molecular flexibility index (Phi) is 7.29. The van der Waals surface area contributed by atoms with E-state index in [1.54, 1.807) is 0 Å². The van der Waals surface area contributed by atoms with Crippen LogP contribution in [0.2, 0.25) is 0 Å². The highest BCUT2D eigenvalue weighted by molar-refractivity contribution is 5.92. The quantitative estimate of drug-likeness (QED) is 0.786. The van der Waals surface area contributed by atoms with Crippen LogP contribution in [0.4, 0.5) is 5.69 Å². The Labute approximate surface area is 155 Å². The molecule has 1 aliphatic heterocycles. The summed E-state index contributed by atoms with van der Waals surface area (Å²) in [7, 11) is 0. The molecule has 3 rings (SSSR count). The predicted octanol–water partition coefficient (Wildman–Crippen LogP) is 4.68. The van der Waals surface area contributed by atoms with Crippen LogP contribution in [0, 0.1) is 6.92 Å². The summed E-state index contributed by atoms with van der Waals surface area (Å²) in [5, 5.41) is 6.39. The van der Waals surface area contributed by atoms with Crippen molar-refractivity contribution in [1.29, 1.82) is 0 Å². The average Bonchev–Trinajstić information content (AvgIpc) is 3.10. The molecule has 1 saturated heterocycles. The third-order valence-corrected chi connectivity index (χ3v) is 4.29. The summed E-state index contributed by atoms with van der Waals surface area (Å²) in [5.74, 6) is 1.45. The number of halogens is 1. The number of carbonyl (C=O) groups excluding carboxylic acids is 1. The van der Waals surface area contributed by atoms with Crippen LogP contribution in [0.3, 0.4) is 0 Å². The monoisotopic (exact) mass is 360 g/mol. The Bertz CT molecular complexity index is 682. The molecule has 0 saturated carbocycles. The van der Waals surface area contributed by atoms with Crippen molar-refractivity contribution in [3.8, 4) is 11.5 Å². The van der Waals surface area contributed by atoms with Gasteiger partial charge in [0.05, 0.1) is 5.69 Å². The van der Waals surface area contributed by atoms with Crippen LogP contribution in [0.15, 0.2) is 48.5 Å². The van der Waals surface area contributed by atoms with Gasteiger partial charge >= 0.3 is 0 Å². The molecule has 134 valence electrons. The van der Waals surface area contributed by atoms with Gasteiger partial charge < -0.3 is 15.4 Å². The summed E-state index contributed by atoms with van der Waals surface area (Å²) in [4.78, 5) is 12.2. The normalized spacial score (nSPS) is 16.1. The molecule has 1 heterocycles.